The van der Waals surface area contributed by atoms with Gasteiger partial charge in [0, 0.05) is 30.5 Å². The molecule has 2 bridgehead atoms. The Kier molecular flexibility index (Phi) is 3.85. The van der Waals surface area contributed by atoms with E-state index in [1.165, 1.54) is 11.3 Å². The molecule has 128 valence electrons. The molecule has 0 saturated carbocycles. The summed E-state index contributed by atoms with van der Waals surface area (Å²) in [5, 5.41) is 1.78. The third-order valence-corrected chi connectivity index (χ3v) is 8.31. The van der Waals surface area contributed by atoms with Crippen LogP contribution in [0.1, 0.15) is 36.8 Å². The van der Waals surface area contributed by atoms with Crippen molar-refractivity contribution in [3.63, 3.8) is 0 Å². The molecule has 0 spiro atoms. The first-order chi connectivity index (χ1) is 11.5. The Morgan fingerprint density at radius 3 is 2.75 bits per heavy atom. The van der Waals surface area contributed by atoms with Crippen LogP contribution in [0.25, 0.3) is 0 Å². The Morgan fingerprint density at radius 1 is 1.33 bits per heavy atom. The molecular weight excluding hydrogens is 346 g/mol. The van der Waals surface area contributed by atoms with Crippen molar-refractivity contribution in [2.75, 3.05) is 0 Å². The summed E-state index contributed by atoms with van der Waals surface area (Å²) in [6, 6.07) is 3.14. The lowest BCUT2D eigenvalue weighted by Gasteiger charge is -2.26. The third-order valence-electron chi connectivity index (χ3n) is 4.93. The maximum Gasteiger partial charge on any atom is 0.254 e. The van der Waals surface area contributed by atoms with Gasteiger partial charge in [-0.25, -0.2) is 13.4 Å². The Morgan fingerprint density at radius 2 is 2.08 bits per heavy atom. The van der Waals surface area contributed by atoms with Gasteiger partial charge in [-0.3, -0.25) is 4.79 Å². The van der Waals surface area contributed by atoms with Crippen LogP contribution in [0, 0.1) is 0 Å². The lowest BCUT2D eigenvalue weighted by atomic mass is 9.98. The molecule has 1 fully saturated rings. The minimum atomic E-state index is -3.51. The second-order valence-electron chi connectivity index (χ2n) is 6.35. The molecule has 0 amide bonds. The van der Waals surface area contributed by atoms with Crippen LogP contribution in [-0.2, 0) is 29.3 Å². The van der Waals surface area contributed by atoms with E-state index in [-0.39, 0.29) is 17.6 Å². The average Bonchev–Trinajstić information content (AvgIpc) is 3.16. The zero-order valence-electron chi connectivity index (χ0n) is 13.4. The van der Waals surface area contributed by atoms with Crippen LogP contribution in [0.3, 0.4) is 0 Å². The predicted octanol–water partition coefficient (Wildman–Crippen LogP) is 1.71. The van der Waals surface area contributed by atoms with Gasteiger partial charge < -0.3 is 4.98 Å². The van der Waals surface area contributed by atoms with Crippen molar-refractivity contribution >= 4 is 21.4 Å². The Labute approximate surface area is 144 Å². The molecule has 8 heteroatoms. The van der Waals surface area contributed by atoms with Crippen molar-refractivity contribution in [2.45, 2.75) is 55.3 Å². The topological polar surface area (TPSA) is 83.1 Å². The number of fused-ring (bicyclic) bond motifs is 3. The first kappa shape index (κ1) is 16.0. The summed E-state index contributed by atoms with van der Waals surface area (Å²) < 4.78 is 28.1. The van der Waals surface area contributed by atoms with Crippen LogP contribution in [-0.4, -0.2) is 34.8 Å². The highest BCUT2D eigenvalue weighted by atomic mass is 32.2. The molecule has 2 aliphatic rings. The van der Waals surface area contributed by atoms with E-state index in [0.29, 0.717) is 34.9 Å². The number of hydrogen-bond acceptors (Lipinski definition) is 5. The van der Waals surface area contributed by atoms with E-state index >= 15 is 0 Å². The number of aryl methyl sites for hydroxylation is 1. The van der Waals surface area contributed by atoms with E-state index < -0.39 is 10.0 Å². The molecule has 2 aliphatic heterocycles. The molecule has 4 rings (SSSR count). The maximum atomic E-state index is 13.1. The van der Waals surface area contributed by atoms with Gasteiger partial charge in [0.1, 0.15) is 10.0 Å². The average molecular weight is 365 g/mol. The quantitative estimate of drug-likeness (QED) is 0.898. The van der Waals surface area contributed by atoms with E-state index in [1.54, 1.807) is 21.8 Å². The normalized spacial score (nSPS) is 23.9. The molecular formula is C16H19N3O3S2. The van der Waals surface area contributed by atoms with Crippen molar-refractivity contribution < 1.29 is 8.42 Å². The van der Waals surface area contributed by atoms with Crippen LogP contribution >= 0.6 is 11.3 Å². The molecule has 0 aromatic carbocycles. The summed E-state index contributed by atoms with van der Waals surface area (Å²) in [6.45, 7) is 1.95. The molecule has 2 aromatic heterocycles. The molecule has 4 heterocycles. The summed E-state index contributed by atoms with van der Waals surface area (Å²) >= 11 is 1.24. The highest BCUT2D eigenvalue weighted by molar-refractivity contribution is 7.91. The van der Waals surface area contributed by atoms with Crippen molar-refractivity contribution in [2.24, 2.45) is 0 Å². The van der Waals surface area contributed by atoms with Crippen LogP contribution in [0.15, 0.2) is 26.5 Å². The van der Waals surface area contributed by atoms with Gasteiger partial charge in [-0.05, 0) is 30.7 Å². The molecule has 0 aliphatic carbocycles. The van der Waals surface area contributed by atoms with Crippen LogP contribution < -0.4 is 5.56 Å². The Hall–Kier alpha value is -1.51. The molecule has 6 nitrogen and oxygen atoms in total. The second-order valence-corrected chi connectivity index (χ2v) is 9.37. The number of sulfonamides is 1. The molecule has 1 N–H and O–H groups in total. The third kappa shape index (κ3) is 2.44. The van der Waals surface area contributed by atoms with Crippen LogP contribution in [0.4, 0.5) is 0 Å². The van der Waals surface area contributed by atoms with Gasteiger partial charge >= 0.3 is 0 Å². The first-order valence-electron chi connectivity index (χ1n) is 8.18. The minimum Gasteiger partial charge on any atom is -0.310 e. The van der Waals surface area contributed by atoms with Gasteiger partial charge in [-0.1, -0.05) is 13.0 Å². The number of aromatic amines is 1. The van der Waals surface area contributed by atoms with Crippen molar-refractivity contribution in [1.82, 2.24) is 14.3 Å². The smallest absolute Gasteiger partial charge is 0.254 e. The number of aromatic nitrogens is 2. The van der Waals surface area contributed by atoms with E-state index in [9.17, 15) is 13.2 Å². The summed E-state index contributed by atoms with van der Waals surface area (Å²) in [5.74, 6) is 0.671. The van der Waals surface area contributed by atoms with Gasteiger partial charge in [0.2, 0.25) is 0 Å². The maximum absolute atomic E-state index is 13.1. The van der Waals surface area contributed by atoms with Crippen LogP contribution in [0.2, 0.25) is 0 Å². The van der Waals surface area contributed by atoms with Gasteiger partial charge in [0.05, 0.1) is 5.69 Å². The standard InChI is InChI=1S/C16H19N3O3S2/c1-2-14-17-13-9-11-6-5-10(8-12(13)16(20)18-14)19(11)24(21,22)15-4-3-7-23-15/h3-4,7,10-11H,2,5-6,8-9H2,1H3,(H,17,18,20). The zero-order valence-corrected chi connectivity index (χ0v) is 15.0. The number of rotatable bonds is 3. The second kappa shape index (κ2) is 5.79. The number of H-pyrrole nitrogens is 1. The molecule has 2 atom stereocenters. The molecule has 1 saturated heterocycles. The molecule has 24 heavy (non-hydrogen) atoms. The van der Waals surface area contributed by atoms with Crippen molar-refractivity contribution in [3.8, 4) is 0 Å². The monoisotopic (exact) mass is 365 g/mol. The summed E-state index contributed by atoms with van der Waals surface area (Å²) in [5.41, 5.74) is 1.32. The fourth-order valence-electron chi connectivity index (χ4n) is 3.83. The SMILES string of the molecule is CCc1nc2c(c(=O)[nH]1)CC1CCC(C2)N1S(=O)(=O)c1cccs1. The number of hydrogen-bond donors (Lipinski definition) is 1. The number of nitrogens with one attached hydrogen (secondary N) is 1. The van der Waals surface area contributed by atoms with Gasteiger partial charge in [0.25, 0.3) is 15.6 Å². The highest BCUT2D eigenvalue weighted by Gasteiger charge is 2.45. The lowest BCUT2D eigenvalue weighted by Crippen LogP contribution is -2.41. The van der Waals surface area contributed by atoms with Crippen molar-refractivity contribution in [3.05, 3.63) is 44.9 Å². The Balaban J connectivity index is 1.78. The number of thiophene rings is 1. The fraction of sp³-hybridized carbons (Fsp3) is 0.500. The van der Waals surface area contributed by atoms with Gasteiger partial charge in [-0.2, -0.15) is 4.31 Å². The first-order valence-corrected chi connectivity index (χ1v) is 10.5. The lowest BCUT2D eigenvalue weighted by molar-refractivity contribution is 0.328. The zero-order chi connectivity index (χ0) is 16.9. The summed E-state index contributed by atoms with van der Waals surface area (Å²) in [7, 11) is -3.51. The van der Waals surface area contributed by atoms with E-state index in [0.717, 1.165) is 18.5 Å². The van der Waals surface area contributed by atoms with E-state index in [4.69, 9.17) is 0 Å². The summed E-state index contributed by atoms with van der Waals surface area (Å²) in [4.78, 5) is 19.8. The van der Waals surface area contributed by atoms with E-state index in [2.05, 4.69) is 9.97 Å². The molecule has 2 unspecified atom stereocenters. The van der Waals surface area contributed by atoms with Crippen molar-refractivity contribution in [1.29, 1.82) is 0 Å². The summed E-state index contributed by atoms with van der Waals surface area (Å²) in [6.07, 6.45) is 3.25. The molecule has 2 aromatic rings. The Bertz CT molecular complexity index is 919. The van der Waals surface area contributed by atoms with Crippen LogP contribution in [0.5, 0.6) is 0 Å². The van der Waals surface area contributed by atoms with Gasteiger partial charge in [0.15, 0.2) is 0 Å². The van der Waals surface area contributed by atoms with Gasteiger partial charge in [-0.15, -0.1) is 11.3 Å². The minimum absolute atomic E-state index is 0.109. The highest BCUT2D eigenvalue weighted by Crippen LogP contribution is 2.37. The molecule has 0 radical (unpaired) electrons. The fourth-order valence-corrected chi connectivity index (χ4v) is 6.79. The van der Waals surface area contributed by atoms with E-state index in [1.807, 2.05) is 6.92 Å². The predicted molar refractivity (Wildman–Crippen MR) is 91.8 cm³/mol. The number of nitrogens with zero attached hydrogens (tertiary/aromatic N) is 2. The largest absolute Gasteiger partial charge is 0.310 e.